The first-order valence-corrected chi connectivity index (χ1v) is 5.92. The Balaban J connectivity index is 2.05. The maximum absolute atomic E-state index is 5.63. The second-order valence-electron chi connectivity index (χ2n) is 4.23. The van der Waals surface area contributed by atoms with Crippen molar-refractivity contribution >= 4 is 5.69 Å². The van der Waals surface area contributed by atoms with Crippen LogP contribution in [0.3, 0.4) is 0 Å². The van der Waals surface area contributed by atoms with Crippen LogP contribution in [0.15, 0.2) is 48.7 Å². The van der Waals surface area contributed by atoms with Gasteiger partial charge in [0.1, 0.15) is 5.69 Å². The molecule has 0 amide bonds. The second kappa shape index (κ2) is 4.53. The molecule has 3 rings (SSSR count). The van der Waals surface area contributed by atoms with Crippen molar-refractivity contribution < 1.29 is 0 Å². The number of aromatic nitrogens is 4. The van der Waals surface area contributed by atoms with Crippen molar-refractivity contribution in [1.82, 2.24) is 19.7 Å². The Morgan fingerprint density at radius 1 is 1.05 bits per heavy atom. The molecule has 19 heavy (non-hydrogen) atoms. The van der Waals surface area contributed by atoms with Gasteiger partial charge in [0.2, 0.25) is 0 Å². The van der Waals surface area contributed by atoms with Gasteiger partial charge in [0, 0.05) is 12.6 Å². The molecule has 5 heteroatoms. The molecule has 2 N–H and O–H groups in total. The molecule has 0 spiro atoms. The highest BCUT2D eigenvalue weighted by Gasteiger charge is 2.11. The van der Waals surface area contributed by atoms with Crippen molar-refractivity contribution in [1.29, 1.82) is 0 Å². The number of anilines is 1. The molecule has 2 heterocycles. The first kappa shape index (κ1) is 11.4. The normalized spacial score (nSPS) is 10.6. The van der Waals surface area contributed by atoms with E-state index >= 15 is 0 Å². The lowest BCUT2D eigenvalue weighted by Gasteiger charge is -1.98. The van der Waals surface area contributed by atoms with Crippen molar-refractivity contribution in [2.45, 2.75) is 0 Å². The average Bonchev–Trinajstić information content (AvgIpc) is 2.83. The lowest BCUT2D eigenvalue weighted by atomic mass is 10.2. The molecule has 5 nitrogen and oxygen atoms in total. The van der Waals surface area contributed by atoms with E-state index in [1.54, 1.807) is 16.9 Å². The Labute approximate surface area is 110 Å². The molecule has 0 aliphatic carbocycles. The predicted octanol–water partition coefficient (Wildman–Crippen LogP) is 2.13. The fourth-order valence-corrected chi connectivity index (χ4v) is 1.85. The molecule has 2 aromatic heterocycles. The third kappa shape index (κ3) is 2.18. The van der Waals surface area contributed by atoms with Gasteiger partial charge in [-0.05, 0) is 12.1 Å². The first-order valence-electron chi connectivity index (χ1n) is 5.92. The topological polar surface area (TPSA) is 69.6 Å². The Morgan fingerprint density at radius 3 is 2.53 bits per heavy atom. The van der Waals surface area contributed by atoms with Crippen LogP contribution in [0.1, 0.15) is 0 Å². The van der Waals surface area contributed by atoms with Gasteiger partial charge in [-0.3, -0.25) is 4.98 Å². The van der Waals surface area contributed by atoms with E-state index in [1.165, 1.54) is 0 Å². The predicted molar refractivity (Wildman–Crippen MR) is 74.1 cm³/mol. The zero-order chi connectivity index (χ0) is 13.2. The Hall–Kier alpha value is -2.69. The van der Waals surface area contributed by atoms with Crippen LogP contribution in [0.2, 0.25) is 0 Å². The highest BCUT2D eigenvalue weighted by Crippen LogP contribution is 2.20. The van der Waals surface area contributed by atoms with Crippen LogP contribution in [0, 0.1) is 0 Å². The molecule has 0 aliphatic heterocycles. The minimum Gasteiger partial charge on any atom is -0.397 e. The van der Waals surface area contributed by atoms with E-state index in [9.17, 15) is 0 Å². The number of benzene rings is 1. The van der Waals surface area contributed by atoms with Crippen molar-refractivity contribution in [2.75, 3.05) is 5.73 Å². The number of hydrogen-bond acceptors (Lipinski definition) is 4. The standard InChI is InChI=1S/C14H13N5/c1-19-14(12-8-7-11(15)9-16-12)17-13(18-19)10-5-3-2-4-6-10/h2-9H,15H2,1H3. The molecule has 0 saturated heterocycles. The van der Waals surface area contributed by atoms with Crippen LogP contribution in [-0.4, -0.2) is 19.7 Å². The summed E-state index contributed by atoms with van der Waals surface area (Å²) in [5, 5.41) is 4.41. The second-order valence-corrected chi connectivity index (χ2v) is 4.23. The number of pyridine rings is 1. The zero-order valence-electron chi connectivity index (χ0n) is 10.5. The molecule has 0 saturated carbocycles. The lowest BCUT2D eigenvalue weighted by molar-refractivity contribution is 0.774. The maximum Gasteiger partial charge on any atom is 0.181 e. The summed E-state index contributed by atoms with van der Waals surface area (Å²) in [6, 6.07) is 13.5. The van der Waals surface area contributed by atoms with Crippen molar-refractivity contribution in [3.05, 3.63) is 48.7 Å². The quantitative estimate of drug-likeness (QED) is 0.757. The number of aryl methyl sites for hydroxylation is 1. The van der Waals surface area contributed by atoms with Crippen LogP contribution in [-0.2, 0) is 7.05 Å². The van der Waals surface area contributed by atoms with Gasteiger partial charge in [-0.15, -0.1) is 0 Å². The largest absolute Gasteiger partial charge is 0.397 e. The monoisotopic (exact) mass is 251 g/mol. The molecule has 0 atom stereocenters. The summed E-state index contributed by atoms with van der Waals surface area (Å²) in [6.07, 6.45) is 1.62. The van der Waals surface area contributed by atoms with Gasteiger partial charge in [0.15, 0.2) is 11.6 Å². The van der Waals surface area contributed by atoms with E-state index in [1.807, 2.05) is 43.4 Å². The van der Waals surface area contributed by atoms with Gasteiger partial charge in [-0.25, -0.2) is 9.67 Å². The van der Waals surface area contributed by atoms with E-state index in [2.05, 4.69) is 15.1 Å². The van der Waals surface area contributed by atoms with Gasteiger partial charge in [-0.1, -0.05) is 30.3 Å². The van der Waals surface area contributed by atoms with Gasteiger partial charge in [0.25, 0.3) is 0 Å². The van der Waals surface area contributed by atoms with Gasteiger partial charge < -0.3 is 5.73 Å². The van der Waals surface area contributed by atoms with E-state index < -0.39 is 0 Å². The summed E-state index contributed by atoms with van der Waals surface area (Å²) in [5.74, 6) is 1.41. The Morgan fingerprint density at radius 2 is 1.84 bits per heavy atom. The fraction of sp³-hybridized carbons (Fsp3) is 0.0714. The average molecular weight is 251 g/mol. The van der Waals surface area contributed by atoms with Crippen LogP contribution in [0.25, 0.3) is 22.9 Å². The first-order chi connectivity index (χ1) is 9.24. The highest BCUT2D eigenvalue weighted by atomic mass is 15.3. The third-order valence-electron chi connectivity index (χ3n) is 2.81. The van der Waals surface area contributed by atoms with E-state index in [-0.39, 0.29) is 0 Å². The van der Waals surface area contributed by atoms with Crippen LogP contribution in [0.5, 0.6) is 0 Å². The number of nitrogens with two attached hydrogens (primary N) is 1. The molecule has 1 aromatic carbocycles. The SMILES string of the molecule is Cn1nc(-c2ccccc2)nc1-c1ccc(N)cn1. The van der Waals surface area contributed by atoms with Crippen molar-refractivity contribution in [2.24, 2.45) is 7.05 Å². The molecule has 3 aromatic rings. The van der Waals surface area contributed by atoms with E-state index in [0.717, 1.165) is 17.1 Å². The number of hydrogen-bond donors (Lipinski definition) is 1. The Bertz CT molecular complexity index is 686. The molecular weight excluding hydrogens is 238 g/mol. The highest BCUT2D eigenvalue weighted by molar-refractivity contribution is 5.60. The molecule has 0 aliphatic rings. The minimum absolute atomic E-state index is 0.634. The smallest absolute Gasteiger partial charge is 0.181 e. The summed E-state index contributed by atoms with van der Waals surface area (Å²) in [5.41, 5.74) is 8.01. The summed E-state index contributed by atoms with van der Waals surface area (Å²) in [7, 11) is 1.85. The minimum atomic E-state index is 0.634. The van der Waals surface area contributed by atoms with E-state index in [4.69, 9.17) is 5.73 Å². The summed E-state index contributed by atoms with van der Waals surface area (Å²) in [4.78, 5) is 8.80. The van der Waals surface area contributed by atoms with Gasteiger partial charge in [-0.2, -0.15) is 5.10 Å². The molecule has 0 fully saturated rings. The van der Waals surface area contributed by atoms with Crippen LogP contribution in [0.4, 0.5) is 5.69 Å². The molecule has 0 bridgehead atoms. The number of rotatable bonds is 2. The van der Waals surface area contributed by atoms with E-state index in [0.29, 0.717) is 11.5 Å². The molecule has 0 radical (unpaired) electrons. The molecular formula is C14H13N5. The summed E-state index contributed by atoms with van der Waals surface area (Å²) >= 11 is 0. The molecule has 94 valence electrons. The lowest BCUT2D eigenvalue weighted by Crippen LogP contribution is -1.96. The maximum atomic E-state index is 5.63. The van der Waals surface area contributed by atoms with Crippen molar-refractivity contribution in [3.63, 3.8) is 0 Å². The summed E-state index contributed by atoms with van der Waals surface area (Å²) < 4.78 is 1.72. The van der Waals surface area contributed by atoms with Gasteiger partial charge in [0.05, 0.1) is 11.9 Å². The van der Waals surface area contributed by atoms with Crippen LogP contribution >= 0.6 is 0 Å². The van der Waals surface area contributed by atoms with Crippen molar-refractivity contribution in [3.8, 4) is 22.9 Å². The Kier molecular flexibility index (Phi) is 2.72. The number of nitrogen functional groups attached to an aromatic ring is 1. The van der Waals surface area contributed by atoms with Crippen LogP contribution < -0.4 is 5.73 Å². The van der Waals surface area contributed by atoms with Gasteiger partial charge >= 0.3 is 0 Å². The number of nitrogens with zero attached hydrogens (tertiary/aromatic N) is 4. The zero-order valence-corrected chi connectivity index (χ0v) is 10.5. The fourth-order valence-electron chi connectivity index (χ4n) is 1.85. The third-order valence-corrected chi connectivity index (χ3v) is 2.81. The summed E-state index contributed by atoms with van der Waals surface area (Å²) in [6.45, 7) is 0. The molecule has 0 unspecified atom stereocenters.